The lowest BCUT2D eigenvalue weighted by Gasteiger charge is -2.17. The number of hydrogen-bond acceptors (Lipinski definition) is 3. The molecular formula is C11H18ClNO2. The second kappa shape index (κ2) is 6.16. The van der Waals surface area contributed by atoms with Crippen LogP contribution in [0.2, 0.25) is 5.22 Å². The summed E-state index contributed by atoms with van der Waals surface area (Å²) in [5.74, 6) is 1.36. The average molecular weight is 232 g/mol. The van der Waals surface area contributed by atoms with Gasteiger partial charge in [0.1, 0.15) is 5.76 Å². The van der Waals surface area contributed by atoms with E-state index in [0.717, 1.165) is 12.2 Å². The molecule has 1 atom stereocenters. The van der Waals surface area contributed by atoms with Gasteiger partial charge in [-0.2, -0.15) is 0 Å². The zero-order chi connectivity index (χ0) is 11.3. The lowest BCUT2D eigenvalue weighted by atomic mass is 10.0. The third kappa shape index (κ3) is 4.69. The van der Waals surface area contributed by atoms with E-state index in [1.54, 1.807) is 6.07 Å². The van der Waals surface area contributed by atoms with Crippen molar-refractivity contribution >= 4 is 11.6 Å². The van der Waals surface area contributed by atoms with Gasteiger partial charge in [0.15, 0.2) is 5.22 Å². The van der Waals surface area contributed by atoms with E-state index >= 15 is 0 Å². The van der Waals surface area contributed by atoms with E-state index in [0.29, 0.717) is 17.7 Å². The number of nitrogens with one attached hydrogen (secondary N) is 1. The van der Waals surface area contributed by atoms with E-state index in [9.17, 15) is 0 Å². The number of aliphatic hydroxyl groups is 1. The fourth-order valence-corrected chi connectivity index (χ4v) is 1.65. The molecule has 1 aromatic rings. The Morgan fingerprint density at radius 2 is 2.20 bits per heavy atom. The average Bonchev–Trinajstić information content (AvgIpc) is 2.58. The maximum atomic E-state index is 9.14. The predicted molar refractivity (Wildman–Crippen MR) is 60.9 cm³/mol. The zero-order valence-electron chi connectivity index (χ0n) is 9.16. The summed E-state index contributed by atoms with van der Waals surface area (Å²) in [5, 5.41) is 12.8. The molecular weight excluding hydrogens is 214 g/mol. The highest BCUT2D eigenvalue weighted by Crippen LogP contribution is 2.13. The standard InChI is InChI=1S/C11H18ClNO2/c1-8(2)5-9(7-14)13-6-10-3-4-11(12)15-10/h3-4,8-9,13-14H,5-7H2,1-2H3. The second-order valence-corrected chi connectivity index (χ2v) is 4.47. The Balaban J connectivity index is 2.34. The minimum atomic E-state index is 0.119. The van der Waals surface area contributed by atoms with Crippen LogP contribution in [0.15, 0.2) is 16.5 Å². The van der Waals surface area contributed by atoms with Crippen molar-refractivity contribution in [1.82, 2.24) is 5.32 Å². The minimum absolute atomic E-state index is 0.119. The molecule has 1 heterocycles. The van der Waals surface area contributed by atoms with Crippen LogP contribution in [-0.4, -0.2) is 17.8 Å². The summed E-state index contributed by atoms with van der Waals surface area (Å²) in [7, 11) is 0. The van der Waals surface area contributed by atoms with Crippen molar-refractivity contribution in [2.45, 2.75) is 32.9 Å². The second-order valence-electron chi connectivity index (χ2n) is 4.10. The molecule has 0 aliphatic carbocycles. The third-order valence-electron chi connectivity index (χ3n) is 2.17. The van der Waals surface area contributed by atoms with Crippen LogP contribution < -0.4 is 5.32 Å². The van der Waals surface area contributed by atoms with Crippen LogP contribution in [0.25, 0.3) is 0 Å². The van der Waals surface area contributed by atoms with Gasteiger partial charge < -0.3 is 14.8 Å². The Hall–Kier alpha value is -0.510. The molecule has 0 saturated carbocycles. The molecule has 4 heteroatoms. The predicted octanol–water partition coefficient (Wildman–Crippen LogP) is 2.43. The highest BCUT2D eigenvalue weighted by Gasteiger charge is 2.09. The molecule has 86 valence electrons. The molecule has 0 spiro atoms. The summed E-state index contributed by atoms with van der Waals surface area (Å²) < 4.78 is 5.20. The monoisotopic (exact) mass is 231 g/mol. The van der Waals surface area contributed by atoms with Crippen molar-refractivity contribution in [3.05, 3.63) is 23.1 Å². The number of furan rings is 1. The van der Waals surface area contributed by atoms with Gasteiger partial charge in [-0.15, -0.1) is 0 Å². The number of halogens is 1. The molecule has 0 aliphatic heterocycles. The van der Waals surface area contributed by atoms with Crippen LogP contribution in [0.4, 0.5) is 0 Å². The van der Waals surface area contributed by atoms with Gasteiger partial charge in [-0.3, -0.25) is 0 Å². The van der Waals surface area contributed by atoms with Gasteiger partial charge >= 0.3 is 0 Å². The molecule has 1 unspecified atom stereocenters. The van der Waals surface area contributed by atoms with Gasteiger partial charge in [0.2, 0.25) is 0 Å². The first-order valence-electron chi connectivity index (χ1n) is 5.20. The van der Waals surface area contributed by atoms with Crippen molar-refractivity contribution < 1.29 is 9.52 Å². The van der Waals surface area contributed by atoms with E-state index < -0.39 is 0 Å². The molecule has 2 N–H and O–H groups in total. The van der Waals surface area contributed by atoms with E-state index in [1.165, 1.54) is 0 Å². The normalized spacial score (nSPS) is 13.4. The van der Waals surface area contributed by atoms with Crippen molar-refractivity contribution in [3.8, 4) is 0 Å². The van der Waals surface area contributed by atoms with Crippen LogP contribution in [0, 0.1) is 5.92 Å². The van der Waals surface area contributed by atoms with Gasteiger partial charge in [-0.25, -0.2) is 0 Å². The molecule has 1 rings (SSSR count). The van der Waals surface area contributed by atoms with E-state index in [4.69, 9.17) is 21.1 Å². The number of hydrogen-bond donors (Lipinski definition) is 2. The van der Waals surface area contributed by atoms with Crippen LogP contribution in [0.1, 0.15) is 26.0 Å². The minimum Gasteiger partial charge on any atom is -0.448 e. The molecule has 0 fully saturated rings. The Labute approximate surface area is 95.4 Å². The summed E-state index contributed by atoms with van der Waals surface area (Å²) in [6.45, 7) is 5.01. The Morgan fingerprint density at radius 3 is 2.67 bits per heavy atom. The van der Waals surface area contributed by atoms with Crippen LogP contribution in [-0.2, 0) is 6.54 Å². The van der Waals surface area contributed by atoms with Gasteiger partial charge in [-0.05, 0) is 36.1 Å². The first kappa shape index (κ1) is 12.6. The Kier molecular flexibility index (Phi) is 5.15. The number of aliphatic hydroxyl groups excluding tert-OH is 1. The summed E-state index contributed by atoms with van der Waals surface area (Å²) >= 11 is 5.65. The molecule has 0 amide bonds. The lowest BCUT2D eigenvalue weighted by molar-refractivity contribution is 0.221. The van der Waals surface area contributed by atoms with Gasteiger partial charge in [-0.1, -0.05) is 13.8 Å². The quantitative estimate of drug-likeness (QED) is 0.791. The fourth-order valence-electron chi connectivity index (χ4n) is 1.48. The van der Waals surface area contributed by atoms with Crippen molar-refractivity contribution in [1.29, 1.82) is 0 Å². The van der Waals surface area contributed by atoms with Gasteiger partial charge in [0, 0.05) is 6.04 Å². The van der Waals surface area contributed by atoms with Crippen LogP contribution >= 0.6 is 11.6 Å². The maximum Gasteiger partial charge on any atom is 0.193 e. The topological polar surface area (TPSA) is 45.4 Å². The first-order valence-corrected chi connectivity index (χ1v) is 5.58. The van der Waals surface area contributed by atoms with Crippen LogP contribution in [0.5, 0.6) is 0 Å². The van der Waals surface area contributed by atoms with E-state index in [1.807, 2.05) is 6.07 Å². The molecule has 3 nitrogen and oxygen atoms in total. The van der Waals surface area contributed by atoms with Gasteiger partial charge in [0.25, 0.3) is 0 Å². The smallest absolute Gasteiger partial charge is 0.193 e. The van der Waals surface area contributed by atoms with E-state index in [2.05, 4.69) is 19.2 Å². The fraction of sp³-hybridized carbons (Fsp3) is 0.636. The SMILES string of the molecule is CC(C)CC(CO)NCc1ccc(Cl)o1. The summed E-state index contributed by atoms with van der Waals surface area (Å²) in [5.41, 5.74) is 0. The molecule has 0 radical (unpaired) electrons. The van der Waals surface area contributed by atoms with Crippen LogP contribution in [0.3, 0.4) is 0 Å². The summed E-state index contributed by atoms with van der Waals surface area (Å²) in [6, 6.07) is 3.67. The van der Waals surface area contributed by atoms with Gasteiger partial charge in [0.05, 0.1) is 13.2 Å². The number of rotatable bonds is 6. The Bertz CT molecular complexity index is 286. The Morgan fingerprint density at radius 1 is 1.47 bits per heavy atom. The lowest BCUT2D eigenvalue weighted by Crippen LogP contribution is -2.33. The zero-order valence-corrected chi connectivity index (χ0v) is 9.92. The van der Waals surface area contributed by atoms with Crippen molar-refractivity contribution in [3.63, 3.8) is 0 Å². The summed E-state index contributed by atoms with van der Waals surface area (Å²) in [6.07, 6.45) is 0.949. The molecule has 0 aromatic carbocycles. The summed E-state index contributed by atoms with van der Waals surface area (Å²) in [4.78, 5) is 0. The third-order valence-corrected chi connectivity index (χ3v) is 2.37. The van der Waals surface area contributed by atoms with E-state index in [-0.39, 0.29) is 12.6 Å². The molecule has 1 aromatic heterocycles. The maximum absolute atomic E-state index is 9.14. The molecule has 0 bridgehead atoms. The highest BCUT2D eigenvalue weighted by molar-refractivity contribution is 6.28. The molecule has 0 saturated heterocycles. The molecule has 15 heavy (non-hydrogen) atoms. The van der Waals surface area contributed by atoms with Crippen molar-refractivity contribution in [2.75, 3.05) is 6.61 Å². The van der Waals surface area contributed by atoms with Crippen molar-refractivity contribution in [2.24, 2.45) is 5.92 Å². The highest BCUT2D eigenvalue weighted by atomic mass is 35.5. The molecule has 0 aliphatic rings. The largest absolute Gasteiger partial charge is 0.448 e. The first-order chi connectivity index (χ1) is 7.11.